The number of halogens is 1. The molecule has 0 saturated carbocycles. The van der Waals surface area contributed by atoms with E-state index in [2.05, 4.69) is 35.6 Å². The van der Waals surface area contributed by atoms with E-state index in [4.69, 9.17) is 11.6 Å². The number of hydrogen-bond acceptors (Lipinski definition) is 6. The molecule has 0 spiro atoms. The third-order valence-electron chi connectivity index (χ3n) is 2.80. The second-order valence-electron chi connectivity index (χ2n) is 4.08. The van der Waals surface area contributed by atoms with Gasteiger partial charge in [-0.15, -0.1) is 0 Å². The van der Waals surface area contributed by atoms with E-state index in [1.54, 1.807) is 4.52 Å². The number of rotatable bonds is 3. The molecule has 0 radical (unpaired) electrons. The zero-order valence-electron chi connectivity index (χ0n) is 10.3. The Balaban J connectivity index is 2.04. The average molecular weight is 279 g/mol. The van der Waals surface area contributed by atoms with Crippen molar-refractivity contribution in [2.75, 3.05) is 5.32 Å². The van der Waals surface area contributed by atoms with E-state index in [0.717, 1.165) is 17.2 Å². The lowest BCUT2D eigenvalue weighted by Crippen LogP contribution is -2.14. The molecule has 3 aromatic rings. The SMILES string of the molecule is Cc1c(Cl)nc2ncnn2c1NC(C)c1ncn[nH]1. The molecule has 0 aliphatic carbocycles. The quantitative estimate of drug-likeness (QED) is 0.703. The monoisotopic (exact) mass is 278 g/mol. The summed E-state index contributed by atoms with van der Waals surface area (Å²) < 4.78 is 1.61. The van der Waals surface area contributed by atoms with Crippen LogP contribution in [0.5, 0.6) is 0 Å². The van der Waals surface area contributed by atoms with E-state index in [9.17, 15) is 0 Å². The standard InChI is InChI=1S/C10H11ClN8/c1-5-7(11)17-10-13-4-15-19(10)9(5)16-6(2)8-12-3-14-18-8/h3-4,6,16H,1-2H3,(H,12,14,18). The number of hydrogen-bond donors (Lipinski definition) is 2. The van der Waals surface area contributed by atoms with E-state index in [1.165, 1.54) is 12.7 Å². The Morgan fingerprint density at radius 3 is 2.95 bits per heavy atom. The fourth-order valence-corrected chi connectivity index (χ4v) is 1.93. The first-order chi connectivity index (χ1) is 9.16. The molecule has 0 fully saturated rings. The molecule has 0 saturated heterocycles. The first-order valence-electron chi connectivity index (χ1n) is 5.64. The molecule has 0 aromatic carbocycles. The van der Waals surface area contributed by atoms with Crippen LogP contribution in [0.2, 0.25) is 5.15 Å². The van der Waals surface area contributed by atoms with Gasteiger partial charge in [0.15, 0.2) is 0 Å². The van der Waals surface area contributed by atoms with Gasteiger partial charge in [0, 0.05) is 5.56 Å². The molecule has 9 heteroatoms. The highest BCUT2D eigenvalue weighted by Crippen LogP contribution is 2.24. The van der Waals surface area contributed by atoms with E-state index in [-0.39, 0.29) is 6.04 Å². The van der Waals surface area contributed by atoms with Crippen LogP contribution in [0, 0.1) is 6.92 Å². The molecular weight excluding hydrogens is 268 g/mol. The van der Waals surface area contributed by atoms with Crippen LogP contribution in [0.3, 0.4) is 0 Å². The Bertz CT molecular complexity index is 704. The van der Waals surface area contributed by atoms with Crippen LogP contribution in [0.4, 0.5) is 5.82 Å². The lowest BCUT2D eigenvalue weighted by molar-refractivity contribution is 0.774. The lowest BCUT2D eigenvalue weighted by atomic mass is 10.3. The van der Waals surface area contributed by atoms with Gasteiger partial charge in [-0.3, -0.25) is 5.10 Å². The summed E-state index contributed by atoms with van der Waals surface area (Å²) in [4.78, 5) is 12.3. The van der Waals surface area contributed by atoms with Crippen molar-refractivity contribution in [1.29, 1.82) is 0 Å². The Kier molecular flexibility index (Phi) is 2.79. The second kappa shape index (κ2) is 4.47. The van der Waals surface area contributed by atoms with Gasteiger partial charge in [-0.1, -0.05) is 11.6 Å². The number of anilines is 1. The summed E-state index contributed by atoms with van der Waals surface area (Å²) in [6.07, 6.45) is 2.90. The molecule has 2 N–H and O–H groups in total. The van der Waals surface area contributed by atoms with Crippen molar-refractivity contribution in [3.05, 3.63) is 29.2 Å². The van der Waals surface area contributed by atoms with Gasteiger partial charge in [-0.25, -0.2) is 4.98 Å². The highest BCUT2D eigenvalue weighted by atomic mass is 35.5. The van der Waals surface area contributed by atoms with Gasteiger partial charge < -0.3 is 5.32 Å². The van der Waals surface area contributed by atoms with Gasteiger partial charge in [0.1, 0.15) is 29.5 Å². The number of nitrogens with zero attached hydrogens (tertiary/aromatic N) is 6. The van der Waals surface area contributed by atoms with Crippen LogP contribution < -0.4 is 5.32 Å². The molecule has 8 nitrogen and oxygen atoms in total. The maximum Gasteiger partial charge on any atom is 0.255 e. The fraction of sp³-hybridized carbons (Fsp3) is 0.300. The molecule has 19 heavy (non-hydrogen) atoms. The fourth-order valence-electron chi connectivity index (χ4n) is 1.76. The average Bonchev–Trinajstić information content (AvgIpc) is 3.04. The van der Waals surface area contributed by atoms with Gasteiger partial charge in [0.25, 0.3) is 5.78 Å². The maximum atomic E-state index is 6.09. The van der Waals surface area contributed by atoms with Crippen molar-refractivity contribution in [3.63, 3.8) is 0 Å². The Hall–Kier alpha value is -2.22. The molecular formula is C10H11ClN8. The number of aromatic amines is 1. The van der Waals surface area contributed by atoms with Crippen molar-refractivity contribution in [3.8, 4) is 0 Å². The maximum absolute atomic E-state index is 6.09. The van der Waals surface area contributed by atoms with E-state index in [0.29, 0.717) is 10.9 Å². The minimum atomic E-state index is -0.0768. The number of nitrogens with one attached hydrogen (secondary N) is 2. The summed E-state index contributed by atoms with van der Waals surface area (Å²) >= 11 is 6.09. The van der Waals surface area contributed by atoms with Crippen molar-refractivity contribution >= 4 is 23.2 Å². The third-order valence-corrected chi connectivity index (χ3v) is 3.17. The largest absolute Gasteiger partial charge is 0.360 e. The molecule has 98 valence electrons. The van der Waals surface area contributed by atoms with Crippen molar-refractivity contribution in [2.45, 2.75) is 19.9 Å². The van der Waals surface area contributed by atoms with Crippen LogP contribution in [0.15, 0.2) is 12.7 Å². The van der Waals surface area contributed by atoms with Gasteiger partial charge in [0.2, 0.25) is 0 Å². The number of H-pyrrole nitrogens is 1. The van der Waals surface area contributed by atoms with Crippen LogP contribution in [-0.2, 0) is 0 Å². The van der Waals surface area contributed by atoms with Crippen molar-refractivity contribution in [2.24, 2.45) is 0 Å². The van der Waals surface area contributed by atoms with Crippen LogP contribution in [0.25, 0.3) is 5.78 Å². The number of aromatic nitrogens is 7. The smallest absolute Gasteiger partial charge is 0.255 e. The summed E-state index contributed by atoms with van der Waals surface area (Å²) in [5, 5.41) is 14.5. The van der Waals surface area contributed by atoms with E-state index < -0.39 is 0 Å². The summed E-state index contributed by atoms with van der Waals surface area (Å²) in [5.41, 5.74) is 0.797. The summed E-state index contributed by atoms with van der Waals surface area (Å²) in [7, 11) is 0. The molecule has 0 bridgehead atoms. The second-order valence-corrected chi connectivity index (χ2v) is 4.44. The highest BCUT2D eigenvalue weighted by Gasteiger charge is 2.16. The minimum absolute atomic E-state index is 0.0768. The van der Waals surface area contributed by atoms with Crippen LogP contribution >= 0.6 is 11.6 Å². The molecule has 1 atom stereocenters. The zero-order chi connectivity index (χ0) is 13.4. The Morgan fingerprint density at radius 1 is 1.37 bits per heavy atom. The van der Waals surface area contributed by atoms with E-state index >= 15 is 0 Å². The van der Waals surface area contributed by atoms with Crippen LogP contribution in [0.1, 0.15) is 24.4 Å². The predicted octanol–water partition coefficient (Wildman–Crippen LogP) is 1.38. The molecule has 3 aromatic heterocycles. The molecule has 3 rings (SSSR count). The van der Waals surface area contributed by atoms with Crippen molar-refractivity contribution in [1.82, 2.24) is 34.8 Å². The topological polar surface area (TPSA) is 96.7 Å². The summed E-state index contributed by atoms with van der Waals surface area (Å²) in [6.45, 7) is 3.82. The normalized spacial score (nSPS) is 12.8. The van der Waals surface area contributed by atoms with Crippen LogP contribution in [-0.4, -0.2) is 34.8 Å². The number of fused-ring (bicyclic) bond motifs is 1. The molecule has 0 amide bonds. The predicted molar refractivity (Wildman–Crippen MR) is 68.9 cm³/mol. The summed E-state index contributed by atoms with van der Waals surface area (Å²) in [6, 6.07) is -0.0768. The van der Waals surface area contributed by atoms with E-state index in [1.807, 2.05) is 13.8 Å². The first kappa shape index (κ1) is 11.8. The molecule has 0 aliphatic rings. The van der Waals surface area contributed by atoms with Gasteiger partial charge in [-0.2, -0.15) is 24.7 Å². The molecule has 0 aliphatic heterocycles. The first-order valence-corrected chi connectivity index (χ1v) is 6.02. The molecule has 3 heterocycles. The Labute approximate surface area is 113 Å². The molecule has 1 unspecified atom stereocenters. The van der Waals surface area contributed by atoms with Gasteiger partial charge in [0.05, 0.1) is 6.04 Å². The lowest BCUT2D eigenvalue weighted by Gasteiger charge is -2.15. The van der Waals surface area contributed by atoms with Gasteiger partial charge >= 0.3 is 0 Å². The third kappa shape index (κ3) is 1.99. The minimum Gasteiger partial charge on any atom is -0.360 e. The zero-order valence-corrected chi connectivity index (χ0v) is 11.0. The Morgan fingerprint density at radius 2 is 2.21 bits per heavy atom. The highest BCUT2D eigenvalue weighted by molar-refractivity contribution is 6.30. The van der Waals surface area contributed by atoms with Crippen molar-refractivity contribution < 1.29 is 0 Å². The summed E-state index contributed by atoms with van der Waals surface area (Å²) in [5.74, 6) is 1.90. The van der Waals surface area contributed by atoms with Gasteiger partial charge in [-0.05, 0) is 13.8 Å².